The van der Waals surface area contributed by atoms with Crippen molar-refractivity contribution in [1.29, 1.82) is 0 Å². The van der Waals surface area contributed by atoms with Gasteiger partial charge in [0.15, 0.2) is 5.11 Å². The van der Waals surface area contributed by atoms with Gasteiger partial charge < -0.3 is 10.1 Å². The van der Waals surface area contributed by atoms with E-state index in [1.165, 1.54) is 6.42 Å². The highest BCUT2D eigenvalue weighted by Crippen LogP contribution is 2.43. The summed E-state index contributed by atoms with van der Waals surface area (Å²) in [6, 6.07) is 7.45. The highest BCUT2D eigenvalue weighted by molar-refractivity contribution is 7.80. The molecule has 2 unspecified atom stereocenters. The smallest absolute Gasteiger partial charge is 0.416 e. The lowest BCUT2D eigenvalue weighted by atomic mass is 9.75. The summed E-state index contributed by atoms with van der Waals surface area (Å²) in [4.78, 5) is 15.4. The molecule has 1 aliphatic heterocycles. The standard InChI is InChI=1S/C27H34Cl2N2O2S/c1-16(2)22-13-8-17(3)14-23(22)33-26(32)31-24(18-9-11-20(28)12-10-18)27(4,30-25(31)34)19-6-5-7-21(29)15-19/h5-7,9,11-12,15-18,22-24H,8,10,13-14H2,1-4H3,(H,30,34)/t17-,18?,22+,23?,24+,27-/m1/s1. The third-order valence-electron chi connectivity index (χ3n) is 7.78. The van der Waals surface area contributed by atoms with Gasteiger partial charge in [0, 0.05) is 16.0 Å². The van der Waals surface area contributed by atoms with Gasteiger partial charge in [-0.15, -0.1) is 0 Å². The van der Waals surface area contributed by atoms with E-state index >= 15 is 0 Å². The molecule has 4 rings (SSSR count). The number of ether oxygens (including phenoxy) is 1. The third-order valence-corrected chi connectivity index (χ3v) is 8.60. The Morgan fingerprint density at radius 1 is 1.29 bits per heavy atom. The monoisotopic (exact) mass is 520 g/mol. The van der Waals surface area contributed by atoms with Gasteiger partial charge in [-0.05, 0) is 79.9 Å². The minimum Gasteiger partial charge on any atom is -0.445 e. The normalized spacial score (nSPS) is 33.6. The zero-order chi connectivity index (χ0) is 24.6. The summed E-state index contributed by atoms with van der Waals surface area (Å²) < 4.78 is 6.25. The topological polar surface area (TPSA) is 41.6 Å². The molecule has 1 amide bonds. The van der Waals surface area contributed by atoms with Gasteiger partial charge >= 0.3 is 6.09 Å². The van der Waals surface area contributed by atoms with Crippen LogP contribution < -0.4 is 5.32 Å². The van der Waals surface area contributed by atoms with Gasteiger partial charge in [0.1, 0.15) is 6.10 Å². The number of rotatable bonds is 4. The molecule has 1 aromatic rings. The molecule has 0 spiro atoms. The summed E-state index contributed by atoms with van der Waals surface area (Å²) in [5, 5.41) is 5.19. The van der Waals surface area contributed by atoms with Crippen molar-refractivity contribution in [2.24, 2.45) is 23.7 Å². The molecule has 2 fully saturated rings. The fourth-order valence-corrected chi connectivity index (χ4v) is 6.65. The van der Waals surface area contributed by atoms with E-state index in [0.717, 1.165) is 18.4 Å². The molecular weight excluding hydrogens is 487 g/mol. The van der Waals surface area contributed by atoms with Crippen LogP contribution in [0, 0.1) is 23.7 Å². The molecule has 0 radical (unpaired) electrons. The molecule has 4 nitrogen and oxygen atoms in total. The Bertz CT molecular complexity index is 1010. The first-order chi connectivity index (χ1) is 16.1. The van der Waals surface area contributed by atoms with E-state index in [1.807, 2.05) is 36.4 Å². The maximum Gasteiger partial charge on any atom is 0.416 e. The molecule has 1 aromatic carbocycles. The van der Waals surface area contributed by atoms with Crippen molar-refractivity contribution in [3.8, 4) is 0 Å². The number of halogens is 2. The maximum absolute atomic E-state index is 13.8. The van der Waals surface area contributed by atoms with Gasteiger partial charge in [-0.2, -0.15) is 0 Å². The number of thiocarbonyl (C=S) groups is 1. The van der Waals surface area contributed by atoms with Crippen LogP contribution in [0.25, 0.3) is 0 Å². The molecule has 1 saturated carbocycles. The van der Waals surface area contributed by atoms with Crippen molar-refractivity contribution in [3.05, 3.63) is 58.1 Å². The van der Waals surface area contributed by atoms with Crippen LogP contribution in [-0.4, -0.2) is 28.3 Å². The molecule has 0 aromatic heterocycles. The Morgan fingerprint density at radius 2 is 2.06 bits per heavy atom. The van der Waals surface area contributed by atoms with E-state index < -0.39 is 5.54 Å². The Hall–Kier alpha value is -1.56. The predicted octanol–water partition coefficient (Wildman–Crippen LogP) is 7.41. The number of nitrogens with one attached hydrogen (secondary N) is 1. The minimum atomic E-state index is -0.634. The molecular formula is C27H34Cl2N2O2S. The van der Waals surface area contributed by atoms with Crippen molar-refractivity contribution in [2.75, 3.05) is 0 Å². The van der Waals surface area contributed by atoms with Gasteiger partial charge in [0.2, 0.25) is 0 Å². The molecule has 0 bridgehead atoms. The molecule has 2 aliphatic carbocycles. The van der Waals surface area contributed by atoms with Gasteiger partial charge in [-0.3, -0.25) is 0 Å². The van der Waals surface area contributed by atoms with Crippen LogP contribution in [0.3, 0.4) is 0 Å². The maximum atomic E-state index is 13.8. The zero-order valence-corrected chi connectivity index (χ0v) is 22.6. The van der Waals surface area contributed by atoms with E-state index in [9.17, 15) is 4.79 Å². The van der Waals surface area contributed by atoms with Crippen LogP contribution in [0.2, 0.25) is 5.02 Å². The minimum absolute atomic E-state index is 0.0122. The lowest BCUT2D eigenvalue weighted by molar-refractivity contribution is -0.00869. The van der Waals surface area contributed by atoms with Crippen LogP contribution in [0.15, 0.2) is 47.5 Å². The number of hydrogen-bond acceptors (Lipinski definition) is 3. The SMILES string of the molecule is CC(C)[C@@H]1CC[C@@H](C)CC1OC(=O)N1C(=S)N[C@](C)(c2cccc(Cl)c2)[C@@H]1C1C=CC(Cl)=CC1. The first-order valence-electron chi connectivity index (χ1n) is 12.2. The van der Waals surface area contributed by atoms with E-state index in [4.69, 9.17) is 40.2 Å². The molecule has 7 heteroatoms. The molecule has 6 atom stereocenters. The first-order valence-corrected chi connectivity index (χ1v) is 13.4. The average Bonchev–Trinajstić information content (AvgIpc) is 3.05. The second-order valence-electron chi connectivity index (χ2n) is 10.6. The quantitative estimate of drug-likeness (QED) is 0.419. The van der Waals surface area contributed by atoms with Crippen molar-refractivity contribution >= 4 is 46.6 Å². The molecule has 1 N–H and O–H groups in total. The van der Waals surface area contributed by atoms with E-state index in [-0.39, 0.29) is 24.2 Å². The van der Waals surface area contributed by atoms with Crippen LogP contribution in [0.1, 0.15) is 58.9 Å². The second-order valence-corrected chi connectivity index (χ2v) is 11.8. The van der Waals surface area contributed by atoms with Crippen molar-refractivity contribution in [2.45, 2.75) is 71.1 Å². The number of carbonyl (C=O) groups is 1. The van der Waals surface area contributed by atoms with Gasteiger partial charge in [0.05, 0.1) is 11.6 Å². The molecule has 184 valence electrons. The fraction of sp³-hybridized carbons (Fsp3) is 0.556. The van der Waals surface area contributed by atoms with E-state index in [2.05, 4.69) is 39.1 Å². The van der Waals surface area contributed by atoms with Gasteiger partial charge in [0.25, 0.3) is 0 Å². The average molecular weight is 522 g/mol. The molecule has 3 aliphatic rings. The summed E-state index contributed by atoms with van der Waals surface area (Å²) in [6.07, 6.45) is 9.35. The lowest BCUT2D eigenvalue weighted by Crippen LogP contribution is -2.51. The van der Waals surface area contributed by atoms with Crippen molar-refractivity contribution in [1.82, 2.24) is 10.2 Å². The predicted molar refractivity (Wildman–Crippen MR) is 143 cm³/mol. The summed E-state index contributed by atoms with van der Waals surface area (Å²) in [5.74, 6) is 1.36. The lowest BCUT2D eigenvalue weighted by Gasteiger charge is -2.40. The molecule has 1 saturated heterocycles. The Labute approximate surface area is 218 Å². The van der Waals surface area contributed by atoms with Crippen LogP contribution in [-0.2, 0) is 10.3 Å². The van der Waals surface area contributed by atoms with Crippen LogP contribution >= 0.6 is 35.4 Å². The number of nitrogens with zero attached hydrogens (tertiary/aromatic N) is 1. The number of carbonyl (C=O) groups excluding carboxylic acids is 1. The van der Waals surface area contributed by atoms with Crippen molar-refractivity contribution < 1.29 is 9.53 Å². The molecule has 34 heavy (non-hydrogen) atoms. The summed E-state index contributed by atoms with van der Waals surface area (Å²) in [7, 11) is 0. The van der Waals surface area contributed by atoms with E-state index in [0.29, 0.717) is 39.3 Å². The Kier molecular flexibility index (Phi) is 7.66. The zero-order valence-electron chi connectivity index (χ0n) is 20.3. The Morgan fingerprint density at radius 3 is 2.71 bits per heavy atom. The number of hydrogen-bond donors (Lipinski definition) is 1. The summed E-state index contributed by atoms with van der Waals surface area (Å²) in [5.41, 5.74) is 0.341. The number of amides is 1. The van der Waals surface area contributed by atoms with E-state index in [1.54, 1.807) is 4.90 Å². The van der Waals surface area contributed by atoms with Crippen LogP contribution in [0.4, 0.5) is 4.79 Å². The second kappa shape index (κ2) is 10.2. The third kappa shape index (κ3) is 5.03. The summed E-state index contributed by atoms with van der Waals surface area (Å²) >= 11 is 18.3. The molecule has 1 heterocycles. The van der Waals surface area contributed by atoms with Gasteiger partial charge in [-0.1, -0.05) is 74.7 Å². The largest absolute Gasteiger partial charge is 0.445 e. The highest BCUT2D eigenvalue weighted by Gasteiger charge is 2.54. The summed E-state index contributed by atoms with van der Waals surface area (Å²) in [6.45, 7) is 8.74. The van der Waals surface area contributed by atoms with Crippen molar-refractivity contribution in [3.63, 3.8) is 0 Å². The number of benzene rings is 1. The number of allylic oxidation sites excluding steroid dienone is 3. The van der Waals surface area contributed by atoms with Crippen LogP contribution in [0.5, 0.6) is 0 Å². The fourth-order valence-electron chi connectivity index (χ4n) is 5.89. The Balaban J connectivity index is 1.68. The first kappa shape index (κ1) is 25.5. The highest BCUT2D eigenvalue weighted by atomic mass is 35.5. The van der Waals surface area contributed by atoms with Gasteiger partial charge in [-0.25, -0.2) is 9.69 Å².